The zero-order chi connectivity index (χ0) is 23.2. The van der Waals surface area contributed by atoms with Crippen LogP contribution in [0.15, 0.2) is 42.7 Å². The van der Waals surface area contributed by atoms with E-state index in [0.29, 0.717) is 6.01 Å². The molecule has 0 bridgehead atoms. The highest BCUT2D eigenvalue weighted by Crippen LogP contribution is 2.36. The number of methoxy groups -OCH3 is 1. The molecule has 0 radical (unpaired) electrons. The Morgan fingerprint density at radius 3 is 2.44 bits per heavy atom. The van der Waals surface area contributed by atoms with Gasteiger partial charge >= 0.3 is 18.2 Å². The van der Waals surface area contributed by atoms with Crippen LogP contribution in [0.3, 0.4) is 0 Å². The smallest absolute Gasteiger partial charge is 0.490 e. The van der Waals surface area contributed by atoms with Crippen LogP contribution in [-0.2, 0) is 16.1 Å². The maximum atomic E-state index is 10.6. The number of alkyl halides is 3. The second-order valence-electron chi connectivity index (χ2n) is 7.59. The molecule has 1 N–H and O–H groups in total. The molecule has 2 aromatic rings. The monoisotopic (exact) mass is 455 g/mol. The summed E-state index contributed by atoms with van der Waals surface area (Å²) in [5.74, 6) is -1.87. The molecule has 2 aliphatic heterocycles. The summed E-state index contributed by atoms with van der Waals surface area (Å²) in [6.07, 6.45) is 0.233. The predicted molar refractivity (Wildman–Crippen MR) is 106 cm³/mol. The molecule has 1 atom stereocenters. The van der Waals surface area contributed by atoms with Crippen molar-refractivity contribution in [2.75, 3.05) is 26.8 Å². The number of hydrogen-bond acceptors (Lipinski definition) is 7. The summed E-state index contributed by atoms with van der Waals surface area (Å²) >= 11 is 0. The number of aliphatic carboxylic acids is 1. The molecule has 2 aliphatic rings. The topological polar surface area (TPSA) is 94.0 Å². The van der Waals surface area contributed by atoms with Crippen LogP contribution >= 0.6 is 0 Å². The maximum Gasteiger partial charge on any atom is 0.490 e. The fourth-order valence-corrected chi connectivity index (χ4v) is 3.67. The fourth-order valence-electron chi connectivity index (χ4n) is 3.67. The van der Waals surface area contributed by atoms with Crippen LogP contribution in [0.5, 0.6) is 11.8 Å². The number of nitrogens with zero attached hydrogens (tertiary/aromatic N) is 3. The van der Waals surface area contributed by atoms with Crippen LogP contribution in [0.2, 0.25) is 0 Å². The Bertz CT molecular complexity index is 874. The number of carbonyl (C=O) groups is 1. The number of likely N-dealkylation sites (tertiary alicyclic amines) is 1. The van der Waals surface area contributed by atoms with E-state index in [1.165, 1.54) is 5.56 Å². The number of rotatable bonds is 5. The zero-order valence-electron chi connectivity index (χ0n) is 17.4. The van der Waals surface area contributed by atoms with Gasteiger partial charge in [-0.2, -0.15) is 13.2 Å². The lowest BCUT2D eigenvalue weighted by atomic mass is 9.84. The van der Waals surface area contributed by atoms with E-state index < -0.39 is 12.1 Å². The van der Waals surface area contributed by atoms with Crippen molar-refractivity contribution in [1.82, 2.24) is 14.9 Å². The molecular weight excluding hydrogens is 431 g/mol. The molecule has 2 saturated heterocycles. The van der Waals surface area contributed by atoms with Crippen molar-refractivity contribution in [2.45, 2.75) is 37.3 Å². The second kappa shape index (κ2) is 10.1. The van der Waals surface area contributed by atoms with E-state index in [4.69, 9.17) is 24.1 Å². The van der Waals surface area contributed by atoms with E-state index in [0.717, 1.165) is 44.8 Å². The van der Waals surface area contributed by atoms with Crippen LogP contribution in [0, 0.1) is 0 Å². The van der Waals surface area contributed by atoms with Gasteiger partial charge < -0.3 is 19.3 Å². The zero-order valence-corrected chi connectivity index (χ0v) is 17.4. The van der Waals surface area contributed by atoms with E-state index in [9.17, 15) is 13.2 Å². The van der Waals surface area contributed by atoms with Crippen LogP contribution in [0.1, 0.15) is 18.4 Å². The molecule has 32 heavy (non-hydrogen) atoms. The summed E-state index contributed by atoms with van der Waals surface area (Å²) < 4.78 is 49.0. The van der Waals surface area contributed by atoms with E-state index in [2.05, 4.69) is 27.0 Å². The molecule has 0 amide bonds. The van der Waals surface area contributed by atoms with E-state index in [1.54, 1.807) is 25.6 Å². The summed E-state index contributed by atoms with van der Waals surface area (Å²) in [6, 6.07) is 10.5. The predicted octanol–water partition coefficient (Wildman–Crippen LogP) is 2.93. The third-order valence-electron chi connectivity index (χ3n) is 5.09. The van der Waals surface area contributed by atoms with Crippen molar-refractivity contribution in [2.24, 2.45) is 0 Å². The Labute approximate surface area is 182 Å². The molecule has 3 heterocycles. The van der Waals surface area contributed by atoms with Crippen molar-refractivity contribution in [3.8, 4) is 11.8 Å². The highest BCUT2D eigenvalue weighted by Gasteiger charge is 2.48. The Balaban J connectivity index is 0.000000360. The third kappa shape index (κ3) is 6.54. The number of ether oxygens (including phenoxy) is 3. The fraction of sp³-hybridized carbons (Fsp3) is 0.476. The number of halogens is 3. The molecular formula is C21H24F3N3O5. The molecule has 11 heteroatoms. The average molecular weight is 455 g/mol. The molecule has 0 aliphatic carbocycles. The number of hydrogen-bond donors (Lipinski definition) is 1. The minimum absolute atomic E-state index is 0.0792. The molecule has 174 valence electrons. The van der Waals surface area contributed by atoms with Crippen LogP contribution < -0.4 is 9.47 Å². The van der Waals surface area contributed by atoms with Gasteiger partial charge in [0.2, 0.25) is 0 Å². The Morgan fingerprint density at radius 2 is 1.88 bits per heavy atom. The van der Waals surface area contributed by atoms with E-state index >= 15 is 0 Å². The summed E-state index contributed by atoms with van der Waals surface area (Å²) in [7, 11) is 1.69. The van der Waals surface area contributed by atoms with Gasteiger partial charge in [-0.1, -0.05) is 12.1 Å². The van der Waals surface area contributed by atoms with Crippen molar-refractivity contribution in [3.63, 3.8) is 0 Å². The minimum atomic E-state index is -5.08. The molecule has 2 fully saturated rings. The van der Waals surface area contributed by atoms with Crippen LogP contribution in [0.25, 0.3) is 0 Å². The Kier molecular flexibility index (Phi) is 7.52. The SMILES string of the molecule is COc1ccc(CN2CC3(CC(Oc4ncccn4)CCO3)C2)cc1.O=C(O)C(F)(F)F. The first-order valence-electron chi connectivity index (χ1n) is 9.92. The average Bonchev–Trinajstić information content (AvgIpc) is 2.74. The number of benzene rings is 1. The lowest BCUT2D eigenvalue weighted by molar-refractivity contribution is -0.192. The summed E-state index contributed by atoms with van der Waals surface area (Å²) in [5, 5.41) is 7.12. The largest absolute Gasteiger partial charge is 0.497 e. The van der Waals surface area contributed by atoms with Gasteiger partial charge in [-0.3, -0.25) is 4.90 Å². The lowest BCUT2D eigenvalue weighted by Gasteiger charge is -2.53. The first-order chi connectivity index (χ1) is 15.2. The third-order valence-corrected chi connectivity index (χ3v) is 5.09. The highest BCUT2D eigenvalue weighted by atomic mass is 19.4. The molecule has 1 spiro atoms. The summed E-state index contributed by atoms with van der Waals surface area (Å²) in [4.78, 5) is 19.6. The van der Waals surface area contributed by atoms with Gasteiger partial charge in [-0.25, -0.2) is 14.8 Å². The number of aromatic nitrogens is 2. The Hall–Kier alpha value is -2.92. The first-order valence-corrected chi connectivity index (χ1v) is 9.92. The quantitative estimate of drug-likeness (QED) is 0.736. The van der Waals surface area contributed by atoms with Crippen molar-refractivity contribution >= 4 is 5.97 Å². The minimum Gasteiger partial charge on any atom is -0.497 e. The van der Waals surface area contributed by atoms with Gasteiger partial charge in [0.25, 0.3) is 0 Å². The molecule has 1 unspecified atom stereocenters. The molecule has 0 saturated carbocycles. The second-order valence-corrected chi connectivity index (χ2v) is 7.59. The van der Waals surface area contributed by atoms with Gasteiger partial charge in [0.05, 0.1) is 19.3 Å². The standard InChI is InChI=1S/C19H23N3O3.C2HF3O2/c1-23-16-5-3-15(4-6-16)12-22-13-19(14-22)11-17(7-10-24-19)25-18-20-8-2-9-21-18;3-2(4,5)1(6)7/h2-6,8-9,17H,7,10-14H2,1H3;(H,6,7). The number of carboxylic acids is 1. The van der Waals surface area contributed by atoms with Gasteiger partial charge in [-0.15, -0.1) is 0 Å². The normalized spacial score (nSPS) is 19.9. The van der Waals surface area contributed by atoms with E-state index in [-0.39, 0.29) is 11.7 Å². The summed E-state index contributed by atoms with van der Waals surface area (Å²) in [5.41, 5.74) is 1.21. The first kappa shape index (κ1) is 23.7. The van der Waals surface area contributed by atoms with E-state index in [1.807, 2.05) is 12.1 Å². The van der Waals surface area contributed by atoms with Crippen molar-refractivity contribution < 1.29 is 37.3 Å². The lowest BCUT2D eigenvalue weighted by Crippen LogP contribution is -2.65. The van der Waals surface area contributed by atoms with Gasteiger partial charge in [0.1, 0.15) is 11.9 Å². The molecule has 1 aromatic heterocycles. The van der Waals surface area contributed by atoms with Crippen molar-refractivity contribution in [1.29, 1.82) is 0 Å². The van der Waals surface area contributed by atoms with Crippen LogP contribution in [-0.4, -0.2) is 70.6 Å². The van der Waals surface area contributed by atoms with Gasteiger partial charge in [-0.05, 0) is 23.8 Å². The van der Waals surface area contributed by atoms with Crippen LogP contribution in [0.4, 0.5) is 13.2 Å². The molecule has 1 aromatic carbocycles. The maximum absolute atomic E-state index is 10.6. The molecule has 8 nitrogen and oxygen atoms in total. The summed E-state index contributed by atoms with van der Waals surface area (Å²) in [6.45, 7) is 3.54. The Morgan fingerprint density at radius 1 is 1.25 bits per heavy atom. The molecule has 4 rings (SSSR count). The van der Waals surface area contributed by atoms with Crippen molar-refractivity contribution in [3.05, 3.63) is 48.3 Å². The van der Waals surface area contributed by atoms with Gasteiger partial charge in [0, 0.05) is 44.9 Å². The number of carboxylic acid groups (broad SMARTS) is 1. The highest BCUT2D eigenvalue weighted by molar-refractivity contribution is 5.73. The van der Waals surface area contributed by atoms with Gasteiger partial charge in [0.15, 0.2) is 0 Å².